The number of hydrogen-bond acceptors (Lipinski definition) is 4. The van der Waals surface area contributed by atoms with E-state index < -0.39 is 11.6 Å². The van der Waals surface area contributed by atoms with Crippen LogP contribution in [0.15, 0.2) is 30.3 Å². The Hall–Kier alpha value is -1.39. The lowest BCUT2D eigenvalue weighted by atomic mass is 9.83. The molecule has 1 saturated heterocycles. The van der Waals surface area contributed by atoms with Gasteiger partial charge < -0.3 is 15.2 Å². The van der Waals surface area contributed by atoms with Gasteiger partial charge in [0.25, 0.3) is 0 Å². The van der Waals surface area contributed by atoms with Gasteiger partial charge in [0, 0.05) is 0 Å². The Balaban J connectivity index is 2.17. The molecule has 4 heteroatoms. The molecule has 1 atom stereocenters. The highest BCUT2D eigenvalue weighted by atomic mass is 16.6. The zero-order valence-electron chi connectivity index (χ0n) is 12.1. The number of benzene rings is 1. The number of carbonyl (C=O) groups excluding carboxylic acids is 1. The second-order valence-corrected chi connectivity index (χ2v) is 5.64. The van der Waals surface area contributed by atoms with Crippen LogP contribution < -0.4 is 5.32 Å². The summed E-state index contributed by atoms with van der Waals surface area (Å²) in [6, 6.07) is 9.04. The Labute approximate surface area is 120 Å². The summed E-state index contributed by atoms with van der Waals surface area (Å²) in [5.41, 5.74) is -0.986. The van der Waals surface area contributed by atoms with E-state index in [1.165, 1.54) is 0 Å². The first-order chi connectivity index (χ1) is 9.55. The predicted octanol–water partition coefficient (Wildman–Crippen LogP) is 1.83. The average Bonchev–Trinajstić information content (AvgIpc) is 2.48. The van der Waals surface area contributed by atoms with Crippen LogP contribution in [0.1, 0.15) is 32.3 Å². The molecule has 0 aromatic heterocycles. The number of esters is 1. The van der Waals surface area contributed by atoms with Crippen molar-refractivity contribution in [1.29, 1.82) is 0 Å². The van der Waals surface area contributed by atoms with Gasteiger partial charge in [-0.2, -0.15) is 0 Å². The summed E-state index contributed by atoms with van der Waals surface area (Å²) >= 11 is 0. The van der Waals surface area contributed by atoms with E-state index in [1.54, 1.807) is 12.1 Å². The molecule has 1 aliphatic rings. The Morgan fingerprint density at radius 2 is 1.90 bits per heavy atom. The molecular formula is C16H23NO3. The van der Waals surface area contributed by atoms with Gasteiger partial charge in [-0.1, -0.05) is 44.2 Å². The summed E-state index contributed by atoms with van der Waals surface area (Å²) in [6.45, 7) is 5.36. The molecule has 20 heavy (non-hydrogen) atoms. The molecule has 2 rings (SSSR count). The second-order valence-electron chi connectivity index (χ2n) is 5.64. The smallest absolute Gasteiger partial charge is 0.343 e. The molecule has 0 radical (unpaired) electrons. The fraction of sp³-hybridized carbons (Fsp3) is 0.562. The number of ether oxygens (including phenoxy) is 1. The first kappa shape index (κ1) is 15.0. The number of nitrogens with one attached hydrogen (secondary N) is 1. The van der Waals surface area contributed by atoms with Gasteiger partial charge >= 0.3 is 5.97 Å². The molecule has 0 bridgehead atoms. The molecule has 1 aromatic carbocycles. The summed E-state index contributed by atoms with van der Waals surface area (Å²) in [5.74, 6) is -0.787. The van der Waals surface area contributed by atoms with Gasteiger partial charge in [0.05, 0.1) is 0 Å². The Kier molecular flexibility index (Phi) is 4.78. The van der Waals surface area contributed by atoms with E-state index in [0.29, 0.717) is 5.56 Å². The fourth-order valence-corrected chi connectivity index (χ4v) is 2.53. The third-order valence-corrected chi connectivity index (χ3v) is 3.92. The maximum Gasteiger partial charge on any atom is 0.343 e. The number of hydrogen-bond donors (Lipinski definition) is 2. The van der Waals surface area contributed by atoms with Crippen molar-refractivity contribution in [3.8, 4) is 0 Å². The Morgan fingerprint density at radius 1 is 1.30 bits per heavy atom. The highest BCUT2D eigenvalue weighted by molar-refractivity contribution is 5.81. The average molecular weight is 277 g/mol. The molecule has 2 N–H and O–H groups in total. The highest BCUT2D eigenvalue weighted by Crippen LogP contribution is 2.31. The standard InChI is InChI=1S/C16H23NO3/c1-12(2)16(19,13-6-4-3-5-7-13)15(18)20-14-8-10-17-11-9-14/h3-7,12,14,17,19H,8-11H2,1-2H3/t16-/m0/s1. The van der Waals surface area contributed by atoms with Crippen LogP contribution in [0.3, 0.4) is 0 Å². The SMILES string of the molecule is CC(C)[C@@](O)(C(=O)OC1CCNCC1)c1ccccc1. The minimum Gasteiger partial charge on any atom is -0.460 e. The van der Waals surface area contributed by atoms with Gasteiger partial charge in [0.2, 0.25) is 0 Å². The quantitative estimate of drug-likeness (QED) is 0.824. The van der Waals surface area contributed by atoms with Crippen LogP contribution in [0.2, 0.25) is 0 Å². The van der Waals surface area contributed by atoms with Crippen LogP contribution in [-0.2, 0) is 15.1 Å². The van der Waals surface area contributed by atoms with Gasteiger partial charge in [0.15, 0.2) is 5.60 Å². The van der Waals surface area contributed by atoms with E-state index in [4.69, 9.17) is 4.74 Å². The molecule has 110 valence electrons. The van der Waals surface area contributed by atoms with Crippen LogP contribution in [0, 0.1) is 5.92 Å². The Morgan fingerprint density at radius 3 is 2.45 bits per heavy atom. The van der Waals surface area contributed by atoms with Gasteiger partial charge in [-0.25, -0.2) is 4.79 Å². The molecule has 0 unspecified atom stereocenters. The summed E-state index contributed by atoms with van der Waals surface area (Å²) in [6.07, 6.45) is 1.50. The van der Waals surface area contributed by atoms with Gasteiger partial charge in [-0.3, -0.25) is 0 Å². The van der Waals surface area contributed by atoms with Crippen LogP contribution in [0.25, 0.3) is 0 Å². The van der Waals surface area contributed by atoms with E-state index in [9.17, 15) is 9.90 Å². The Bertz CT molecular complexity index is 440. The molecule has 1 heterocycles. The number of aliphatic hydroxyl groups is 1. The minimum absolute atomic E-state index is 0.0993. The van der Waals surface area contributed by atoms with E-state index in [1.807, 2.05) is 32.0 Å². The molecule has 0 aliphatic carbocycles. The molecular weight excluding hydrogens is 254 g/mol. The van der Waals surface area contributed by atoms with Gasteiger partial charge in [-0.05, 0) is 37.4 Å². The van der Waals surface area contributed by atoms with Crippen molar-refractivity contribution < 1.29 is 14.6 Å². The highest BCUT2D eigenvalue weighted by Gasteiger charge is 2.43. The lowest BCUT2D eigenvalue weighted by molar-refractivity contribution is -0.179. The minimum atomic E-state index is -1.58. The zero-order valence-corrected chi connectivity index (χ0v) is 12.1. The molecule has 0 saturated carbocycles. The number of rotatable bonds is 4. The predicted molar refractivity (Wildman–Crippen MR) is 77.2 cm³/mol. The molecule has 0 spiro atoms. The number of piperidine rings is 1. The van der Waals surface area contributed by atoms with Crippen LogP contribution in [0.5, 0.6) is 0 Å². The first-order valence-electron chi connectivity index (χ1n) is 7.25. The lowest BCUT2D eigenvalue weighted by Crippen LogP contribution is -2.45. The fourth-order valence-electron chi connectivity index (χ4n) is 2.53. The topological polar surface area (TPSA) is 58.6 Å². The summed E-state index contributed by atoms with van der Waals surface area (Å²) in [4.78, 5) is 12.5. The molecule has 0 amide bonds. The maximum absolute atomic E-state index is 12.5. The van der Waals surface area contributed by atoms with Crippen LogP contribution in [0.4, 0.5) is 0 Å². The van der Waals surface area contributed by atoms with Crippen LogP contribution >= 0.6 is 0 Å². The van der Waals surface area contributed by atoms with Gasteiger partial charge in [-0.15, -0.1) is 0 Å². The zero-order chi connectivity index (χ0) is 14.6. The summed E-state index contributed by atoms with van der Waals surface area (Å²) in [5, 5.41) is 14.1. The lowest BCUT2D eigenvalue weighted by Gasteiger charge is -2.33. The number of carbonyl (C=O) groups is 1. The molecule has 1 aliphatic heterocycles. The van der Waals surface area contributed by atoms with Gasteiger partial charge in [0.1, 0.15) is 6.10 Å². The van der Waals surface area contributed by atoms with Crippen molar-refractivity contribution in [3.05, 3.63) is 35.9 Å². The third-order valence-electron chi connectivity index (χ3n) is 3.92. The summed E-state index contributed by atoms with van der Waals surface area (Å²) in [7, 11) is 0. The van der Waals surface area contributed by atoms with Crippen molar-refractivity contribution >= 4 is 5.97 Å². The van der Waals surface area contributed by atoms with E-state index in [0.717, 1.165) is 25.9 Å². The second kappa shape index (κ2) is 6.37. The monoisotopic (exact) mass is 277 g/mol. The van der Waals surface area contributed by atoms with Crippen molar-refractivity contribution in [3.63, 3.8) is 0 Å². The molecule has 1 aromatic rings. The van der Waals surface area contributed by atoms with Crippen molar-refractivity contribution in [2.75, 3.05) is 13.1 Å². The van der Waals surface area contributed by atoms with Crippen LogP contribution in [-0.4, -0.2) is 30.3 Å². The summed E-state index contributed by atoms with van der Waals surface area (Å²) < 4.78 is 5.54. The maximum atomic E-state index is 12.5. The normalized spacial score (nSPS) is 19.6. The van der Waals surface area contributed by atoms with E-state index >= 15 is 0 Å². The molecule has 4 nitrogen and oxygen atoms in total. The van der Waals surface area contributed by atoms with E-state index in [-0.39, 0.29) is 12.0 Å². The third kappa shape index (κ3) is 3.02. The first-order valence-corrected chi connectivity index (χ1v) is 7.25. The van der Waals surface area contributed by atoms with Crippen molar-refractivity contribution in [2.45, 2.75) is 38.4 Å². The molecule has 1 fully saturated rings. The van der Waals surface area contributed by atoms with Crippen molar-refractivity contribution in [1.82, 2.24) is 5.32 Å². The van der Waals surface area contributed by atoms with E-state index in [2.05, 4.69) is 5.32 Å². The van der Waals surface area contributed by atoms with Crippen molar-refractivity contribution in [2.24, 2.45) is 5.92 Å². The largest absolute Gasteiger partial charge is 0.460 e.